The van der Waals surface area contributed by atoms with Crippen LogP contribution in [0, 0.1) is 5.92 Å². The van der Waals surface area contributed by atoms with E-state index < -0.39 is 12.1 Å². The lowest BCUT2D eigenvalue weighted by Crippen LogP contribution is -2.45. The number of hydrogen-bond acceptors (Lipinski definition) is 2. The van der Waals surface area contributed by atoms with Gasteiger partial charge in [0.05, 0.1) is 5.92 Å². The van der Waals surface area contributed by atoms with Crippen LogP contribution in [0.15, 0.2) is 0 Å². The third-order valence-corrected chi connectivity index (χ3v) is 3.33. The van der Waals surface area contributed by atoms with Gasteiger partial charge >= 0.3 is 6.18 Å². The highest BCUT2D eigenvalue weighted by atomic mass is 19.4. The van der Waals surface area contributed by atoms with Gasteiger partial charge in [-0.2, -0.15) is 13.2 Å². The van der Waals surface area contributed by atoms with E-state index in [-0.39, 0.29) is 12.8 Å². The number of alkyl halides is 3. The van der Waals surface area contributed by atoms with Crippen LogP contribution in [0.1, 0.15) is 33.1 Å². The fraction of sp³-hybridized carbons (Fsp3) is 1.00. The smallest absolute Gasteiger partial charge is 0.313 e. The van der Waals surface area contributed by atoms with E-state index in [2.05, 4.69) is 24.1 Å². The molecule has 0 aromatic carbocycles. The van der Waals surface area contributed by atoms with Crippen molar-refractivity contribution in [3.8, 4) is 0 Å². The summed E-state index contributed by atoms with van der Waals surface area (Å²) in [6.07, 6.45) is -2.41. The van der Waals surface area contributed by atoms with Gasteiger partial charge in [-0.05, 0) is 45.8 Å². The summed E-state index contributed by atoms with van der Waals surface area (Å²) in [5.41, 5.74) is 0. The summed E-state index contributed by atoms with van der Waals surface area (Å²) >= 11 is 0. The summed E-state index contributed by atoms with van der Waals surface area (Å²) in [5.74, 6) is -1.09. The molecule has 0 aliphatic carbocycles. The molecule has 1 fully saturated rings. The van der Waals surface area contributed by atoms with E-state index in [0.717, 1.165) is 19.5 Å². The maximum atomic E-state index is 12.5. The zero-order valence-corrected chi connectivity index (χ0v) is 10.7. The Balaban J connectivity index is 2.23. The van der Waals surface area contributed by atoms with Crippen LogP contribution in [0.3, 0.4) is 0 Å². The number of likely N-dealkylation sites (tertiary alicyclic amines) is 1. The van der Waals surface area contributed by atoms with Gasteiger partial charge in [0, 0.05) is 12.6 Å². The fourth-order valence-corrected chi connectivity index (χ4v) is 2.29. The van der Waals surface area contributed by atoms with Crippen molar-refractivity contribution in [3.63, 3.8) is 0 Å². The number of hydrogen-bond donors (Lipinski definition) is 1. The largest absolute Gasteiger partial charge is 0.391 e. The summed E-state index contributed by atoms with van der Waals surface area (Å²) in [7, 11) is 0. The van der Waals surface area contributed by atoms with E-state index in [0.29, 0.717) is 19.1 Å². The molecule has 1 N–H and O–H groups in total. The Bertz CT molecular complexity index is 210. The van der Waals surface area contributed by atoms with Crippen molar-refractivity contribution in [2.75, 3.05) is 26.2 Å². The van der Waals surface area contributed by atoms with Gasteiger partial charge in [0.25, 0.3) is 0 Å². The molecule has 17 heavy (non-hydrogen) atoms. The first-order valence-corrected chi connectivity index (χ1v) is 6.46. The first kappa shape index (κ1) is 14.8. The van der Waals surface area contributed by atoms with Crippen LogP contribution in [-0.2, 0) is 0 Å². The average Bonchev–Trinajstić information content (AvgIpc) is 2.26. The number of nitrogens with zero attached hydrogens (tertiary/aromatic N) is 1. The van der Waals surface area contributed by atoms with Gasteiger partial charge in [-0.15, -0.1) is 0 Å². The minimum absolute atomic E-state index is 0.254. The number of halogens is 3. The second-order valence-electron chi connectivity index (χ2n) is 4.97. The summed E-state index contributed by atoms with van der Waals surface area (Å²) in [6, 6.07) is 0.359. The first-order chi connectivity index (χ1) is 7.93. The molecule has 0 saturated carbocycles. The molecular formula is C12H23F3N2. The second kappa shape index (κ2) is 6.59. The van der Waals surface area contributed by atoms with Crippen molar-refractivity contribution >= 4 is 0 Å². The van der Waals surface area contributed by atoms with E-state index in [1.807, 2.05) is 0 Å². The molecule has 1 aliphatic rings. The van der Waals surface area contributed by atoms with Crippen molar-refractivity contribution in [1.29, 1.82) is 0 Å². The maximum absolute atomic E-state index is 12.5. The molecule has 0 spiro atoms. The van der Waals surface area contributed by atoms with Crippen LogP contribution in [-0.4, -0.2) is 43.3 Å². The predicted molar refractivity (Wildman–Crippen MR) is 63.0 cm³/mol. The van der Waals surface area contributed by atoms with Crippen molar-refractivity contribution in [2.45, 2.75) is 45.3 Å². The minimum Gasteiger partial charge on any atom is -0.313 e. The Hall–Kier alpha value is -0.290. The molecule has 0 aromatic rings. The third-order valence-electron chi connectivity index (χ3n) is 3.33. The molecule has 1 heterocycles. The Morgan fingerprint density at radius 1 is 1.29 bits per heavy atom. The molecule has 1 saturated heterocycles. The molecule has 1 rings (SSSR count). The van der Waals surface area contributed by atoms with Gasteiger partial charge < -0.3 is 10.2 Å². The highest BCUT2D eigenvalue weighted by molar-refractivity contribution is 4.79. The SMILES string of the molecule is CCCNC(C)CN1CCC(C(F)(F)F)CC1. The zero-order valence-electron chi connectivity index (χ0n) is 10.7. The normalized spacial score (nSPS) is 21.7. The molecule has 1 unspecified atom stereocenters. The number of rotatable bonds is 5. The van der Waals surface area contributed by atoms with Crippen LogP contribution < -0.4 is 5.32 Å². The first-order valence-electron chi connectivity index (χ1n) is 6.46. The maximum Gasteiger partial charge on any atom is 0.391 e. The van der Waals surface area contributed by atoms with Gasteiger partial charge in [-0.3, -0.25) is 0 Å². The third kappa shape index (κ3) is 5.25. The summed E-state index contributed by atoms with van der Waals surface area (Å²) in [5, 5.41) is 3.36. The molecule has 0 radical (unpaired) electrons. The van der Waals surface area contributed by atoms with Gasteiger partial charge in [0.15, 0.2) is 0 Å². The van der Waals surface area contributed by atoms with E-state index >= 15 is 0 Å². The Morgan fingerprint density at radius 3 is 2.35 bits per heavy atom. The van der Waals surface area contributed by atoms with Crippen LogP contribution in [0.2, 0.25) is 0 Å². The van der Waals surface area contributed by atoms with Gasteiger partial charge in [-0.25, -0.2) is 0 Å². The number of nitrogens with one attached hydrogen (secondary N) is 1. The second-order valence-corrected chi connectivity index (χ2v) is 4.97. The van der Waals surface area contributed by atoms with Gasteiger partial charge in [0.1, 0.15) is 0 Å². The monoisotopic (exact) mass is 252 g/mol. The molecule has 0 amide bonds. The van der Waals surface area contributed by atoms with Crippen molar-refractivity contribution in [1.82, 2.24) is 10.2 Å². The van der Waals surface area contributed by atoms with Crippen molar-refractivity contribution < 1.29 is 13.2 Å². The highest BCUT2D eigenvalue weighted by Crippen LogP contribution is 2.33. The summed E-state index contributed by atoms with van der Waals surface area (Å²) < 4.78 is 37.4. The quantitative estimate of drug-likeness (QED) is 0.809. The van der Waals surface area contributed by atoms with Gasteiger partial charge in [-0.1, -0.05) is 6.92 Å². The topological polar surface area (TPSA) is 15.3 Å². The molecule has 1 atom stereocenters. The predicted octanol–water partition coefficient (Wildman–Crippen LogP) is 2.65. The lowest BCUT2D eigenvalue weighted by molar-refractivity contribution is -0.185. The molecule has 0 aromatic heterocycles. The Labute approximate surface area is 102 Å². The fourth-order valence-electron chi connectivity index (χ4n) is 2.29. The molecule has 5 heteroatoms. The molecule has 2 nitrogen and oxygen atoms in total. The van der Waals surface area contributed by atoms with E-state index in [1.54, 1.807) is 0 Å². The van der Waals surface area contributed by atoms with E-state index in [1.165, 1.54) is 0 Å². The molecule has 1 aliphatic heterocycles. The molecule has 102 valence electrons. The Kier molecular flexibility index (Phi) is 5.73. The standard InChI is InChI=1S/C12H23F3N2/c1-3-6-16-10(2)9-17-7-4-11(5-8-17)12(13,14)15/h10-11,16H,3-9H2,1-2H3. The minimum atomic E-state index is -4.00. The number of piperidine rings is 1. The summed E-state index contributed by atoms with van der Waals surface area (Å²) in [6.45, 7) is 7.16. The van der Waals surface area contributed by atoms with Gasteiger partial charge in [0.2, 0.25) is 0 Å². The Morgan fingerprint density at radius 2 is 1.88 bits per heavy atom. The van der Waals surface area contributed by atoms with Crippen molar-refractivity contribution in [3.05, 3.63) is 0 Å². The summed E-state index contributed by atoms with van der Waals surface area (Å²) in [4.78, 5) is 2.13. The highest BCUT2D eigenvalue weighted by Gasteiger charge is 2.40. The zero-order chi connectivity index (χ0) is 12.9. The average molecular weight is 252 g/mol. The lowest BCUT2D eigenvalue weighted by Gasteiger charge is -2.34. The molecule has 0 bridgehead atoms. The van der Waals surface area contributed by atoms with E-state index in [4.69, 9.17) is 0 Å². The van der Waals surface area contributed by atoms with Crippen LogP contribution >= 0.6 is 0 Å². The van der Waals surface area contributed by atoms with Crippen molar-refractivity contribution in [2.24, 2.45) is 5.92 Å². The van der Waals surface area contributed by atoms with Crippen LogP contribution in [0.25, 0.3) is 0 Å². The lowest BCUT2D eigenvalue weighted by atomic mass is 9.96. The van der Waals surface area contributed by atoms with Crippen LogP contribution in [0.4, 0.5) is 13.2 Å². The van der Waals surface area contributed by atoms with E-state index in [9.17, 15) is 13.2 Å². The molecular weight excluding hydrogens is 229 g/mol. The van der Waals surface area contributed by atoms with Crippen LogP contribution in [0.5, 0.6) is 0 Å².